The number of hydrogen-bond acceptors (Lipinski definition) is 2. The summed E-state index contributed by atoms with van der Waals surface area (Å²) in [6, 6.07) is 14.2. The van der Waals surface area contributed by atoms with Crippen LogP contribution in [0.3, 0.4) is 0 Å². The quantitative estimate of drug-likeness (QED) is 0.719. The number of hydrogen-bond donors (Lipinski definition) is 2. The van der Waals surface area contributed by atoms with Crippen molar-refractivity contribution in [2.24, 2.45) is 0 Å². The fourth-order valence-corrected chi connectivity index (χ4v) is 4.56. The first-order chi connectivity index (χ1) is 12.2. The summed E-state index contributed by atoms with van der Waals surface area (Å²) < 4.78 is 0. The van der Waals surface area contributed by atoms with E-state index in [0.29, 0.717) is 17.0 Å². The van der Waals surface area contributed by atoms with Crippen LogP contribution in [0, 0.1) is 0 Å². The third kappa shape index (κ3) is 2.22. The number of imidazole rings is 1. The van der Waals surface area contributed by atoms with E-state index in [1.807, 2.05) is 4.90 Å². The second kappa shape index (κ2) is 5.34. The van der Waals surface area contributed by atoms with E-state index in [2.05, 4.69) is 34.2 Å². The lowest BCUT2D eigenvalue weighted by atomic mass is 9.88. The Kier molecular flexibility index (Phi) is 3.10. The molecule has 2 aliphatic rings. The first kappa shape index (κ1) is 14.5. The average Bonchev–Trinajstić information content (AvgIpc) is 3.19. The van der Waals surface area contributed by atoms with Crippen molar-refractivity contribution in [3.8, 4) is 0 Å². The molecule has 126 valence electrons. The zero-order valence-electron chi connectivity index (χ0n) is 13.8. The van der Waals surface area contributed by atoms with Crippen LogP contribution in [0.25, 0.3) is 11.0 Å². The van der Waals surface area contributed by atoms with Crippen LogP contribution in [-0.2, 0) is 6.42 Å². The number of likely N-dealkylation sites (tertiary alicyclic amines) is 1. The summed E-state index contributed by atoms with van der Waals surface area (Å²) in [7, 11) is 0. The zero-order valence-corrected chi connectivity index (χ0v) is 13.8. The highest BCUT2D eigenvalue weighted by Gasteiger charge is 2.40. The van der Waals surface area contributed by atoms with Gasteiger partial charge in [0.1, 0.15) is 0 Å². The minimum atomic E-state index is -0.246. The highest BCUT2D eigenvalue weighted by molar-refractivity contribution is 5.97. The van der Waals surface area contributed by atoms with E-state index in [1.165, 1.54) is 11.1 Å². The number of H-pyrrole nitrogens is 2. The van der Waals surface area contributed by atoms with Crippen LogP contribution in [0.1, 0.15) is 40.2 Å². The number of fused-ring (bicyclic) bond motifs is 4. The van der Waals surface area contributed by atoms with Crippen molar-refractivity contribution >= 4 is 16.9 Å². The molecule has 5 heteroatoms. The number of carbonyl (C=O) groups excluding carboxylic acids is 1. The standard InChI is InChI=1S/C20H19N3O2/c24-19(13-7-8-16-17(10-13)22-20(25)21-16)23-9-3-6-15-14-5-2-1-4-12(14)11-18(15)23/h1-2,4-5,7-8,10,15,18H,3,6,9,11H2,(H2,21,22,25)/t15-,18?/m1/s1. The topological polar surface area (TPSA) is 69.0 Å². The second-order valence-electron chi connectivity index (χ2n) is 7.06. The van der Waals surface area contributed by atoms with Gasteiger partial charge >= 0.3 is 5.69 Å². The van der Waals surface area contributed by atoms with Crippen LogP contribution in [0.2, 0.25) is 0 Å². The zero-order chi connectivity index (χ0) is 17.0. The van der Waals surface area contributed by atoms with Crippen molar-refractivity contribution in [2.75, 3.05) is 6.54 Å². The van der Waals surface area contributed by atoms with Gasteiger partial charge in [-0.15, -0.1) is 0 Å². The number of benzene rings is 2. The summed E-state index contributed by atoms with van der Waals surface area (Å²) in [5.74, 6) is 0.510. The summed E-state index contributed by atoms with van der Waals surface area (Å²) in [4.78, 5) is 32.1. The van der Waals surface area contributed by atoms with E-state index in [4.69, 9.17) is 0 Å². The summed E-state index contributed by atoms with van der Waals surface area (Å²) >= 11 is 0. The lowest BCUT2D eigenvalue weighted by Gasteiger charge is -2.38. The Morgan fingerprint density at radius 3 is 2.84 bits per heavy atom. The van der Waals surface area contributed by atoms with Crippen molar-refractivity contribution in [1.82, 2.24) is 14.9 Å². The Bertz CT molecular complexity index is 1030. The molecule has 25 heavy (non-hydrogen) atoms. The molecule has 2 aromatic carbocycles. The van der Waals surface area contributed by atoms with Gasteiger partial charge in [-0.1, -0.05) is 24.3 Å². The van der Waals surface area contributed by atoms with E-state index >= 15 is 0 Å². The summed E-state index contributed by atoms with van der Waals surface area (Å²) in [6.45, 7) is 0.801. The van der Waals surface area contributed by atoms with Gasteiger partial charge in [0, 0.05) is 24.1 Å². The van der Waals surface area contributed by atoms with Crippen LogP contribution < -0.4 is 5.69 Å². The third-order valence-electron chi connectivity index (χ3n) is 5.69. The molecule has 0 bridgehead atoms. The van der Waals surface area contributed by atoms with Gasteiger partial charge < -0.3 is 14.9 Å². The van der Waals surface area contributed by atoms with Crippen molar-refractivity contribution in [1.29, 1.82) is 0 Å². The van der Waals surface area contributed by atoms with Crippen LogP contribution in [0.4, 0.5) is 0 Å². The Hall–Kier alpha value is -2.82. The molecule has 0 radical (unpaired) electrons. The molecule has 1 aliphatic heterocycles. The van der Waals surface area contributed by atoms with Crippen LogP contribution >= 0.6 is 0 Å². The Balaban J connectivity index is 1.49. The van der Waals surface area contributed by atoms with E-state index < -0.39 is 0 Å². The summed E-state index contributed by atoms with van der Waals surface area (Å²) in [6.07, 6.45) is 3.12. The molecule has 0 saturated carbocycles. The number of piperidine rings is 1. The first-order valence-electron chi connectivity index (χ1n) is 8.81. The number of amides is 1. The lowest BCUT2D eigenvalue weighted by Crippen LogP contribution is -2.46. The molecule has 0 spiro atoms. The Labute approximate surface area is 144 Å². The van der Waals surface area contributed by atoms with Gasteiger partial charge in [-0.2, -0.15) is 0 Å². The highest BCUT2D eigenvalue weighted by atomic mass is 16.2. The van der Waals surface area contributed by atoms with Gasteiger partial charge in [-0.25, -0.2) is 4.79 Å². The monoisotopic (exact) mass is 333 g/mol. The van der Waals surface area contributed by atoms with Gasteiger partial charge in [0.05, 0.1) is 11.0 Å². The van der Waals surface area contributed by atoms with Gasteiger partial charge in [0.2, 0.25) is 0 Å². The molecule has 2 atom stereocenters. The molecule has 2 heterocycles. The lowest BCUT2D eigenvalue weighted by molar-refractivity contribution is 0.0595. The van der Waals surface area contributed by atoms with E-state index in [-0.39, 0.29) is 17.6 Å². The third-order valence-corrected chi connectivity index (χ3v) is 5.69. The molecule has 5 nitrogen and oxygen atoms in total. The predicted molar refractivity (Wildman–Crippen MR) is 95.9 cm³/mol. The molecular formula is C20H19N3O2. The maximum Gasteiger partial charge on any atom is 0.323 e. The van der Waals surface area contributed by atoms with E-state index in [1.54, 1.807) is 18.2 Å². The number of rotatable bonds is 1. The molecule has 1 aliphatic carbocycles. The largest absolute Gasteiger partial charge is 0.335 e. The number of aromatic nitrogens is 2. The normalized spacial score (nSPS) is 22.0. The van der Waals surface area contributed by atoms with Gasteiger partial charge in [-0.3, -0.25) is 4.79 Å². The minimum Gasteiger partial charge on any atom is -0.335 e. The maximum absolute atomic E-state index is 13.2. The SMILES string of the molecule is O=C(c1ccc2[nH]c(=O)[nH]c2c1)N1CCC[C@@H]2c3ccccc3CC21. The Morgan fingerprint density at radius 2 is 1.92 bits per heavy atom. The molecule has 2 N–H and O–H groups in total. The molecule has 5 rings (SSSR count). The van der Waals surface area contributed by atoms with E-state index in [9.17, 15) is 9.59 Å². The molecule has 1 aromatic heterocycles. The molecule has 3 aromatic rings. The van der Waals surface area contributed by atoms with E-state index in [0.717, 1.165) is 31.3 Å². The van der Waals surface area contributed by atoms with Crippen molar-refractivity contribution in [3.05, 3.63) is 69.6 Å². The van der Waals surface area contributed by atoms with Crippen molar-refractivity contribution in [2.45, 2.75) is 31.2 Å². The fraction of sp³-hybridized carbons (Fsp3) is 0.300. The molecule has 1 saturated heterocycles. The van der Waals surface area contributed by atoms with Crippen molar-refractivity contribution in [3.63, 3.8) is 0 Å². The molecule has 1 unspecified atom stereocenters. The number of nitrogens with one attached hydrogen (secondary N) is 2. The van der Waals surface area contributed by atoms with Crippen molar-refractivity contribution < 1.29 is 4.79 Å². The van der Waals surface area contributed by atoms with Gasteiger partial charge in [-0.05, 0) is 48.6 Å². The van der Waals surface area contributed by atoms with Crippen LogP contribution in [0.15, 0.2) is 47.3 Å². The molecular weight excluding hydrogens is 314 g/mol. The van der Waals surface area contributed by atoms with Gasteiger partial charge in [0.15, 0.2) is 0 Å². The highest BCUT2D eigenvalue weighted by Crippen LogP contribution is 2.42. The van der Waals surface area contributed by atoms with Crippen LogP contribution in [-0.4, -0.2) is 33.4 Å². The predicted octanol–water partition coefficient (Wildman–Crippen LogP) is 2.80. The maximum atomic E-state index is 13.2. The smallest absolute Gasteiger partial charge is 0.323 e. The number of aromatic amines is 2. The molecule has 1 fully saturated rings. The molecule has 1 amide bonds. The minimum absolute atomic E-state index is 0.0615. The van der Waals surface area contributed by atoms with Crippen LogP contribution in [0.5, 0.6) is 0 Å². The summed E-state index contributed by atoms with van der Waals surface area (Å²) in [5, 5.41) is 0. The number of carbonyl (C=O) groups is 1. The Morgan fingerprint density at radius 1 is 1.08 bits per heavy atom. The average molecular weight is 333 g/mol. The second-order valence-corrected chi connectivity index (χ2v) is 7.06. The number of nitrogens with zero attached hydrogens (tertiary/aromatic N) is 1. The van der Waals surface area contributed by atoms with Gasteiger partial charge in [0.25, 0.3) is 5.91 Å². The fourth-order valence-electron chi connectivity index (χ4n) is 4.56. The first-order valence-corrected chi connectivity index (χ1v) is 8.81. The summed E-state index contributed by atoms with van der Waals surface area (Å²) in [5.41, 5.74) is 4.59.